The van der Waals surface area contributed by atoms with Crippen molar-refractivity contribution < 1.29 is 19.1 Å². The molecule has 0 radical (unpaired) electrons. The lowest BCUT2D eigenvalue weighted by atomic mass is 9.83. The highest BCUT2D eigenvalue weighted by atomic mass is 16.6. The number of ketones is 1. The van der Waals surface area contributed by atoms with Crippen molar-refractivity contribution >= 4 is 11.9 Å². The van der Waals surface area contributed by atoms with Crippen molar-refractivity contribution in [3.63, 3.8) is 0 Å². The van der Waals surface area contributed by atoms with Gasteiger partial charge in [-0.25, -0.2) is 4.79 Å². The Morgan fingerprint density at radius 1 is 1.30 bits per heavy atom. The molecule has 23 heavy (non-hydrogen) atoms. The largest absolute Gasteiger partial charge is 0.484 e. The zero-order valence-electron chi connectivity index (χ0n) is 13.9. The summed E-state index contributed by atoms with van der Waals surface area (Å²) in [6.07, 6.45) is 1.54. The number of carbonyl (C=O) groups is 2. The second kappa shape index (κ2) is 5.55. The van der Waals surface area contributed by atoms with Crippen LogP contribution in [0.3, 0.4) is 0 Å². The first-order valence-electron chi connectivity index (χ1n) is 8.07. The number of amides is 1. The topological polar surface area (TPSA) is 55.8 Å². The molecule has 124 valence electrons. The minimum atomic E-state index is -0.624. The van der Waals surface area contributed by atoms with Crippen LogP contribution >= 0.6 is 0 Å². The van der Waals surface area contributed by atoms with Gasteiger partial charge in [0, 0.05) is 6.54 Å². The number of ether oxygens (including phenoxy) is 2. The van der Waals surface area contributed by atoms with Gasteiger partial charge in [-0.1, -0.05) is 12.1 Å². The fraction of sp³-hybridized carbons (Fsp3) is 0.556. The molecule has 1 atom stereocenters. The number of benzene rings is 1. The molecule has 0 saturated carbocycles. The third kappa shape index (κ3) is 3.33. The first kappa shape index (κ1) is 15.8. The van der Waals surface area contributed by atoms with Crippen molar-refractivity contribution in [3.05, 3.63) is 29.8 Å². The fourth-order valence-corrected chi connectivity index (χ4v) is 3.25. The minimum absolute atomic E-state index is 0.0814. The average Bonchev–Trinajstić information content (AvgIpc) is 2.45. The van der Waals surface area contributed by atoms with Gasteiger partial charge in [0.15, 0.2) is 5.78 Å². The molecule has 0 N–H and O–H groups in total. The maximum absolute atomic E-state index is 12.4. The molecule has 5 heteroatoms. The summed E-state index contributed by atoms with van der Waals surface area (Å²) in [5.74, 6) is 0.702. The summed E-state index contributed by atoms with van der Waals surface area (Å²) in [6.45, 7) is 6.57. The van der Waals surface area contributed by atoms with Gasteiger partial charge in [-0.15, -0.1) is 0 Å². The van der Waals surface area contributed by atoms with Gasteiger partial charge in [0.2, 0.25) is 0 Å². The molecule has 1 amide bonds. The van der Waals surface area contributed by atoms with Gasteiger partial charge in [-0.2, -0.15) is 0 Å². The molecule has 0 aliphatic carbocycles. The van der Waals surface area contributed by atoms with Crippen molar-refractivity contribution in [1.82, 2.24) is 4.90 Å². The van der Waals surface area contributed by atoms with Gasteiger partial charge in [0.1, 0.15) is 17.0 Å². The maximum Gasteiger partial charge on any atom is 0.410 e. The quantitative estimate of drug-likeness (QED) is 0.735. The first-order valence-corrected chi connectivity index (χ1v) is 8.07. The standard InChI is InChI=1S/C18H23NO4/c1-17(2,3)23-16(21)19-10-6-9-18(12-19)11-14(20)13-7-4-5-8-15(13)22-18/h4-5,7-8H,6,9-12H2,1-3H3/t18-/m0/s1. The summed E-state index contributed by atoms with van der Waals surface area (Å²) >= 11 is 0. The maximum atomic E-state index is 12.4. The molecule has 0 bridgehead atoms. The summed E-state index contributed by atoms with van der Waals surface area (Å²) in [6, 6.07) is 7.31. The van der Waals surface area contributed by atoms with Crippen LogP contribution in [-0.4, -0.2) is 41.1 Å². The number of para-hydroxylation sites is 1. The Morgan fingerprint density at radius 2 is 2.04 bits per heavy atom. The van der Waals surface area contributed by atoms with Gasteiger partial charge >= 0.3 is 6.09 Å². The van der Waals surface area contributed by atoms with Crippen LogP contribution in [0.1, 0.15) is 50.4 Å². The van der Waals surface area contributed by atoms with E-state index in [1.165, 1.54) is 0 Å². The number of hydrogen-bond acceptors (Lipinski definition) is 4. The van der Waals surface area contributed by atoms with Crippen LogP contribution < -0.4 is 4.74 Å². The second-order valence-electron chi connectivity index (χ2n) is 7.39. The summed E-state index contributed by atoms with van der Waals surface area (Å²) in [4.78, 5) is 26.4. The lowest BCUT2D eigenvalue weighted by molar-refractivity contribution is -0.0334. The highest BCUT2D eigenvalue weighted by Crippen LogP contribution is 2.38. The summed E-state index contributed by atoms with van der Waals surface area (Å²) in [5.41, 5.74) is -0.523. The fourth-order valence-electron chi connectivity index (χ4n) is 3.25. The van der Waals surface area contributed by atoms with Crippen molar-refractivity contribution in [1.29, 1.82) is 0 Å². The normalized spacial score (nSPS) is 24.1. The SMILES string of the molecule is CC(C)(C)OC(=O)N1CCC[C@]2(CC(=O)c3ccccc3O2)C1. The number of piperidine rings is 1. The van der Waals surface area contributed by atoms with Crippen LogP contribution in [0.5, 0.6) is 5.75 Å². The third-order valence-electron chi connectivity index (χ3n) is 4.19. The van der Waals surface area contributed by atoms with Crippen LogP contribution in [0.15, 0.2) is 24.3 Å². The molecule has 5 nitrogen and oxygen atoms in total. The Kier molecular flexibility index (Phi) is 3.82. The van der Waals surface area contributed by atoms with Crippen LogP contribution in [0.2, 0.25) is 0 Å². The van der Waals surface area contributed by atoms with Crippen molar-refractivity contribution in [2.45, 2.75) is 51.2 Å². The molecule has 1 fully saturated rings. The molecular formula is C18H23NO4. The predicted molar refractivity (Wildman–Crippen MR) is 85.8 cm³/mol. The van der Waals surface area contributed by atoms with Crippen LogP contribution in [0.4, 0.5) is 4.79 Å². The lowest BCUT2D eigenvalue weighted by Gasteiger charge is -2.44. The summed E-state index contributed by atoms with van der Waals surface area (Å²) in [7, 11) is 0. The molecule has 1 saturated heterocycles. The van der Waals surface area contributed by atoms with Gasteiger partial charge in [0.25, 0.3) is 0 Å². The molecule has 2 aliphatic rings. The highest BCUT2D eigenvalue weighted by molar-refractivity contribution is 6.00. The Balaban J connectivity index is 1.79. The number of rotatable bonds is 0. The number of nitrogens with zero attached hydrogens (tertiary/aromatic N) is 1. The van der Waals surface area contributed by atoms with E-state index < -0.39 is 11.2 Å². The monoisotopic (exact) mass is 317 g/mol. The van der Waals surface area contributed by atoms with Gasteiger partial charge in [0.05, 0.1) is 18.5 Å². The van der Waals surface area contributed by atoms with Gasteiger partial charge < -0.3 is 14.4 Å². The number of Topliss-reactive ketones (excluding diaryl/α,β-unsaturated/α-hetero) is 1. The molecule has 2 heterocycles. The predicted octanol–water partition coefficient (Wildman–Crippen LogP) is 3.42. The minimum Gasteiger partial charge on any atom is -0.484 e. The Labute approximate surface area is 136 Å². The summed E-state index contributed by atoms with van der Waals surface area (Å²) in [5, 5.41) is 0. The number of carbonyl (C=O) groups excluding carboxylic acids is 2. The van der Waals surface area contributed by atoms with Crippen molar-refractivity contribution in [2.24, 2.45) is 0 Å². The van der Waals surface area contributed by atoms with E-state index in [0.717, 1.165) is 12.8 Å². The van der Waals surface area contributed by atoms with E-state index in [4.69, 9.17) is 9.47 Å². The smallest absolute Gasteiger partial charge is 0.410 e. The molecule has 1 aromatic carbocycles. The van der Waals surface area contributed by atoms with E-state index in [1.807, 2.05) is 39.0 Å². The Bertz CT molecular complexity index is 634. The zero-order valence-corrected chi connectivity index (χ0v) is 13.9. The highest BCUT2D eigenvalue weighted by Gasteiger charge is 2.45. The van der Waals surface area contributed by atoms with E-state index in [2.05, 4.69) is 0 Å². The Morgan fingerprint density at radius 3 is 2.78 bits per heavy atom. The summed E-state index contributed by atoms with van der Waals surface area (Å²) < 4.78 is 11.6. The first-order chi connectivity index (χ1) is 10.8. The number of fused-ring (bicyclic) bond motifs is 1. The van der Waals surface area contributed by atoms with E-state index in [-0.39, 0.29) is 11.9 Å². The molecular weight excluding hydrogens is 294 g/mol. The zero-order chi connectivity index (χ0) is 16.7. The molecule has 1 aromatic rings. The third-order valence-corrected chi connectivity index (χ3v) is 4.19. The van der Waals surface area contributed by atoms with E-state index >= 15 is 0 Å². The Hall–Kier alpha value is -2.04. The van der Waals surface area contributed by atoms with Gasteiger partial charge in [-0.3, -0.25) is 4.79 Å². The van der Waals surface area contributed by atoms with E-state index in [9.17, 15) is 9.59 Å². The molecule has 0 aromatic heterocycles. The average molecular weight is 317 g/mol. The second-order valence-corrected chi connectivity index (χ2v) is 7.39. The number of likely N-dealkylation sites (tertiary alicyclic amines) is 1. The van der Waals surface area contributed by atoms with Crippen molar-refractivity contribution in [2.75, 3.05) is 13.1 Å². The molecule has 1 spiro atoms. The van der Waals surface area contributed by atoms with Crippen LogP contribution in [-0.2, 0) is 4.74 Å². The molecule has 0 unspecified atom stereocenters. The molecule has 3 rings (SSSR count). The van der Waals surface area contributed by atoms with Crippen molar-refractivity contribution in [3.8, 4) is 5.75 Å². The van der Waals surface area contributed by atoms with E-state index in [1.54, 1.807) is 11.0 Å². The lowest BCUT2D eigenvalue weighted by Crippen LogP contribution is -2.56. The van der Waals surface area contributed by atoms with E-state index in [0.29, 0.717) is 30.8 Å². The van der Waals surface area contributed by atoms with Crippen LogP contribution in [0.25, 0.3) is 0 Å². The van der Waals surface area contributed by atoms with Crippen LogP contribution in [0, 0.1) is 0 Å². The number of hydrogen-bond donors (Lipinski definition) is 0. The van der Waals surface area contributed by atoms with Gasteiger partial charge in [-0.05, 0) is 45.7 Å². The molecule has 2 aliphatic heterocycles.